The highest BCUT2D eigenvalue weighted by atomic mass is 32.2. The fourth-order valence-corrected chi connectivity index (χ4v) is 5.28. The smallest absolute Gasteiger partial charge is 0.217 e. The highest BCUT2D eigenvalue weighted by Gasteiger charge is 2.36. The van der Waals surface area contributed by atoms with Crippen LogP contribution in [-0.2, 0) is 14.8 Å². The summed E-state index contributed by atoms with van der Waals surface area (Å²) < 4.78 is 32.5. The van der Waals surface area contributed by atoms with Crippen molar-refractivity contribution in [1.29, 1.82) is 0 Å². The first kappa shape index (κ1) is 16.2. The fourth-order valence-electron chi connectivity index (χ4n) is 3.29. The zero-order chi connectivity index (χ0) is 14.6. The molecule has 2 unspecified atom stereocenters. The summed E-state index contributed by atoms with van der Waals surface area (Å²) in [5, 5.41) is 3.19. The molecule has 2 aliphatic rings. The number of nitrogens with one attached hydrogen (secondary N) is 1. The van der Waals surface area contributed by atoms with E-state index in [2.05, 4.69) is 19.2 Å². The molecule has 5 nitrogen and oxygen atoms in total. The maximum Gasteiger partial charge on any atom is 0.217 e. The van der Waals surface area contributed by atoms with E-state index in [4.69, 9.17) is 4.74 Å². The molecule has 20 heavy (non-hydrogen) atoms. The molecule has 0 saturated carbocycles. The first-order valence-corrected chi connectivity index (χ1v) is 9.36. The summed E-state index contributed by atoms with van der Waals surface area (Å²) in [4.78, 5) is 0. The second kappa shape index (κ2) is 7.20. The van der Waals surface area contributed by atoms with Gasteiger partial charge in [-0.3, -0.25) is 0 Å². The molecule has 2 rings (SSSR count). The Morgan fingerprint density at radius 2 is 2.00 bits per heavy atom. The maximum absolute atomic E-state index is 12.7. The van der Waals surface area contributed by atoms with Crippen LogP contribution >= 0.6 is 0 Å². The largest absolute Gasteiger partial charge is 0.381 e. The third kappa shape index (κ3) is 3.72. The molecule has 0 aromatic rings. The van der Waals surface area contributed by atoms with Crippen LogP contribution in [0.4, 0.5) is 0 Å². The first-order chi connectivity index (χ1) is 9.55. The minimum absolute atomic E-state index is 0.232. The van der Waals surface area contributed by atoms with Crippen LogP contribution in [0.1, 0.15) is 39.5 Å². The second-order valence-electron chi connectivity index (χ2n) is 5.96. The maximum atomic E-state index is 12.7. The average molecular weight is 304 g/mol. The van der Waals surface area contributed by atoms with Gasteiger partial charge >= 0.3 is 0 Å². The van der Waals surface area contributed by atoms with Gasteiger partial charge in [0.15, 0.2) is 0 Å². The lowest BCUT2D eigenvalue weighted by Crippen LogP contribution is -2.49. The summed E-state index contributed by atoms with van der Waals surface area (Å²) in [6.07, 6.45) is 3.38. The minimum atomic E-state index is -3.14. The van der Waals surface area contributed by atoms with Crippen molar-refractivity contribution in [2.75, 3.05) is 32.8 Å². The lowest BCUT2D eigenvalue weighted by atomic mass is 9.93. The standard InChI is InChI=1S/C14H28N2O3S/c1-3-15-12(2)13-5-4-8-16(11-13)20(17,18)14-6-9-19-10-7-14/h12-15H,3-11H2,1-2H3. The minimum Gasteiger partial charge on any atom is -0.381 e. The third-order valence-electron chi connectivity index (χ3n) is 4.60. The number of nitrogens with zero attached hydrogens (tertiary/aromatic N) is 1. The molecule has 0 aliphatic carbocycles. The van der Waals surface area contributed by atoms with Crippen LogP contribution < -0.4 is 5.32 Å². The number of piperidine rings is 1. The Labute approximate surface area is 123 Å². The van der Waals surface area contributed by atoms with Gasteiger partial charge in [-0.1, -0.05) is 6.92 Å². The van der Waals surface area contributed by atoms with Crippen LogP contribution in [0.15, 0.2) is 0 Å². The monoisotopic (exact) mass is 304 g/mol. The van der Waals surface area contributed by atoms with E-state index < -0.39 is 10.0 Å². The number of ether oxygens (including phenoxy) is 1. The van der Waals surface area contributed by atoms with Gasteiger partial charge < -0.3 is 10.1 Å². The van der Waals surface area contributed by atoms with Crippen LogP contribution in [0.25, 0.3) is 0 Å². The predicted molar refractivity (Wildman–Crippen MR) is 80.2 cm³/mol. The van der Waals surface area contributed by atoms with Crippen molar-refractivity contribution in [3.8, 4) is 0 Å². The Bertz CT molecular complexity index is 393. The summed E-state index contributed by atoms with van der Waals surface area (Å²) in [7, 11) is -3.14. The lowest BCUT2D eigenvalue weighted by molar-refractivity contribution is 0.0964. The normalized spacial score (nSPS) is 28.4. The van der Waals surface area contributed by atoms with Crippen LogP contribution in [0.2, 0.25) is 0 Å². The van der Waals surface area contributed by atoms with Crippen LogP contribution in [0.3, 0.4) is 0 Å². The molecule has 0 aromatic heterocycles. The highest BCUT2D eigenvalue weighted by molar-refractivity contribution is 7.89. The summed E-state index contributed by atoms with van der Waals surface area (Å²) >= 11 is 0. The molecule has 2 fully saturated rings. The van der Waals surface area contributed by atoms with Gasteiger partial charge in [-0.25, -0.2) is 12.7 Å². The molecule has 2 aliphatic heterocycles. The molecule has 118 valence electrons. The topological polar surface area (TPSA) is 58.6 Å². The molecular weight excluding hydrogens is 276 g/mol. The fraction of sp³-hybridized carbons (Fsp3) is 1.00. The SMILES string of the molecule is CCNC(C)C1CCCN(S(=O)(=O)C2CCOCC2)C1. The van der Waals surface area contributed by atoms with Gasteiger partial charge in [0.2, 0.25) is 10.0 Å². The van der Waals surface area contributed by atoms with E-state index in [1.807, 2.05) is 0 Å². The van der Waals surface area contributed by atoms with Crippen molar-refractivity contribution in [1.82, 2.24) is 9.62 Å². The second-order valence-corrected chi connectivity index (χ2v) is 8.18. The number of hydrogen-bond acceptors (Lipinski definition) is 4. The molecule has 2 atom stereocenters. The van der Waals surface area contributed by atoms with Gasteiger partial charge in [0.05, 0.1) is 5.25 Å². The summed E-state index contributed by atoms with van der Waals surface area (Å²) in [6.45, 7) is 7.71. The molecule has 2 saturated heterocycles. The molecule has 1 N–H and O–H groups in total. The quantitative estimate of drug-likeness (QED) is 0.829. The van der Waals surface area contributed by atoms with Gasteiger partial charge in [0, 0.05) is 32.3 Å². The van der Waals surface area contributed by atoms with E-state index in [-0.39, 0.29) is 5.25 Å². The molecule has 0 amide bonds. The van der Waals surface area contributed by atoms with E-state index in [9.17, 15) is 8.42 Å². The predicted octanol–water partition coefficient (Wildman–Crippen LogP) is 1.21. The lowest BCUT2D eigenvalue weighted by Gasteiger charge is -2.37. The third-order valence-corrected chi connectivity index (χ3v) is 6.97. The van der Waals surface area contributed by atoms with Crippen molar-refractivity contribution >= 4 is 10.0 Å². The Morgan fingerprint density at radius 3 is 2.65 bits per heavy atom. The number of rotatable bonds is 5. The molecule has 0 spiro atoms. The van der Waals surface area contributed by atoms with Crippen LogP contribution in [0, 0.1) is 5.92 Å². The van der Waals surface area contributed by atoms with E-state index >= 15 is 0 Å². The van der Waals surface area contributed by atoms with Gasteiger partial charge in [-0.2, -0.15) is 0 Å². The van der Waals surface area contributed by atoms with E-state index in [0.717, 1.165) is 19.4 Å². The van der Waals surface area contributed by atoms with E-state index in [0.29, 0.717) is 51.1 Å². The molecule has 0 bridgehead atoms. The van der Waals surface area contributed by atoms with Crippen molar-refractivity contribution in [3.63, 3.8) is 0 Å². The van der Waals surface area contributed by atoms with Crippen molar-refractivity contribution in [2.24, 2.45) is 5.92 Å². The van der Waals surface area contributed by atoms with Crippen molar-refractivity contribution in [2.45, 2.75) is 50.8 Å². The summed E-state index contributed by atoms with van der Waals surface area (Å²) in [5.41, 5.74) is 0. The Balaban J connectivity index is 2.00. The Morgan fingerprint density at radius 1 is 1.30 bits per heavy atom. The number of hydrogen-bond donors (Lipinski definition) is 1. The molecular formula is C14H28N2O3S. The zero-order valence-electron chi connectivity index (χ0n) is 12.7. The van der Waals surface area contributed by atoms with Gasteiger partial charge in [0.25, 0.3) is 0 Å². The Hall–Kier alpha value is -0.170. The molecule has 6 heteroatoms. The highest BCUT2D eigenvalue weighted by Crippen LogP contribution is 2.26. The number of sulfonamides is 1. The summed E-state index contributed by atoms with van der Waals surface area (Å²) in [6, 6.07) is 0.382. The van der Waals surface area contributed by atoms with Gasteiger partial charge in [0.1, 0.15) is 0 Å². The van der Waals surface area contributed by atoms with Crippen LogP contribution in [0.5, 0.6) is 0 Å². The zero-order valence-corrected chi connectivity index (χ0v) is 13.5. The first-order valence-electron chi connectivity index (χ1n) is 7.85. The summed E-state index contributed by atoms with van der Waals surface area (Å²) in [5.74, 6) is 0.429. The van der Waals surface area contributed by atoms with E-state index in [1.165, 1.54) is 0 Å². The van der Waals surface area contributed by atoms with Crippen molar-refractivity contribution in [3.05, 3.63) is 0 Å². The average Bonchev–Trinajstić information content (AvgIpc) is 2.48. The van der Waals surface area contributed by atoms with E-state index in [1.54, 1.807) is 4.31 Å². The van der Waals surface area contributed by atoms with Crippen LogP contribution in [-0.4, -0.2) is 56.9 Å². The molecule has 2 heterocycles. The van der Waals surface area contributed by atoms with Gasteiger partial charge in [-0.05, 0) is 45.1 Å². The van der Waals surface area contributed by atoms with Crippen molar-refractivity contribution < 1.29 is 13.2 Å². The molecule has 0 aromatic carbocycles. The Kier molecular flexibility index (Phi) is 5.84. The van der Waals surface area contributed by atoms with Gasteiger partial charge in [-0.15, -0.1) is 0 Å². The molecule has 0 radical (unpaired) electrons.